The van der Waals surface area contributed by atoms with Gasteiger partial charge in [0, 0.05) is 13.1 Å². The summed E-state index contributed by atoms with van der Waals surface area (Å²) in [5.41, 5.74) is 5.22. The first-order valence-electron chi connectivity index (χ1n) is 3.42. The molecule has 5 heteroatoms. The number of halogens is 1. The van der Waals surface area contributed by atoms with Crippen LogP contribution in [0.25, 0.3) is 0 Å². The largest absolute Gasteiger partial charge is 0.387 e. The van der Waals surface area contributed by atoms with Crippen molar-refractivity contribution in [2.45, 2.75) is 0 Å². The first kappa shape index (κ1) is 10.7. The van der Waals surface area contributed by atoms with Crippen molar-refractivity contribution < 1.29 is 4.74 Å². The van der Waals surface area contributed by atoms with Crippen LogP contribution >= 0.6 is 12.4 Å². The number of ether oxygens (including phenoxy) is 1. The third-order valence-corrected chi connectivity index (χ3v) is 1.50. The molecule has 1 fully saturated rings. The van der Waals surface area contributed by atoms with Crippen LogP contribution in [0.5, 0.6) is 0 Å². The Morgan fingerprint density at radius 3 is 2.45 bits per heavy atom. The van der Waals surface area contributed by atoms with Crippen LogP contribution in [-0.2, 0) is 4.74 Å². The Hall–Kier alpha value is -0.320. The lowest BCUT2D eigenvalue weighted by Gasteiger charge is -2.25. The standard InChI is InChI=1S/C6H13N3O.ClH/c7-6(8)5-9-1-3-10-4-2-9;/h1-5H2,(H3,7,8);1H. The molecule has 3 N–H and O–H groups in total. The highest BCUT2D eigenvalue weighted by atomic mass is 35.5. The Labute approximate surface area is 72.6 Å². The number of nitrogens with zero attached hydrogens (tertiary/aromatic N) is 1. The highest BCUT2D eigenvalue weighted by molar-refractivity contribution is 5.85. The van der Waals surface area contributed by atoms with Gasteiger partial charge in [-0.2, -0.15) is 0 Å². The summed E-state index contributed by atoms with van der Waals surface area (Å²) in [4.78, 5) is 2.12. The van der Waals surface area contributed by atoms with Crippen LogP contribution in [0.15, 0.2) is 0 Å². The summed E-state index contributed by atoms with van der Waals surface area (Å²) in [6.07, 6.45) is 0. The number of rotatable bonds is 2. The third kappa shape index (κ3) is 4.19. The van der Waals surface area contributed by atoms with Gasteiger partial charge in [0.05, 0.1) is 19.8 Å². The van der Waals surface area contributed by atoms with Gasteiger partial charge in [0.25, 0.3) is 0 Å². The Morgan fingerprint density at radius 1 is 1.45 bits per heavy atom. The molecule has 11 heavy (non-hydrogen) atoms. The van der Waals surface area contributed by atoms with Crippen LogP contribution < -0.4 is 5.73 Å². The molecule has 0 aliphatic carbocycles. The van der Waals surface area contributed by atoms with E-state index >= 15 is 0 Å². The van der Waals surface area contributed by atoms with Gasteiger partial charge >= 0.3 is 0 Å². The number of amidine groups is 1. The second-order valence-electron chi connectivity index (χ2n) is 2.41. The Kier molecular flexibility index (Phi) is 5.19. The van der Waals surface area contributed by atoms with E-state index < -0.39 is 0 Å². The number of hydrogen-bond donors (Lipinski definition) is 2. The molecule has 1 aliphatic heterocycles. The van der Waals surface area contributed by atoms with E-state index in [4.69, 9.17) is 15.9 Å². The summed E-state index contributed by atoms with van der Waals surface area (Å²) >= 11 is 0. The van der Waals surface area contributed by atoms with Gasteiger partial charge in [0.1, 0.15) is 5.84 Å². The lowest BCUT2D eigenvalue weighted by molar-refractivity contribution is 0.0451. The fourth-order valence-corrected chi connectivity index (χ4v) is 1.00. The van der Waals surface area contributed by atoms with Gasteiger partial charge in [0.15, 0.2) is 0 Å². The summed E-state index contributed by atoms with van der Waals surface area (Å²) in [6, 6.07) is 0. The molecule has 0 saturated carbocycles. The van der Waals surface area contributed by atoms with E-state index in [0.29, 0.717) is 6.54 Å². The van der Waals surface area contributed by atoms with Crippen LogP contribution in [0.1, 0.15) is 0 Å². The molecule has 0 atom stereocenters. The highest BCUT2D eigenvalue weighted by Crippen LogP contribution is 1.94. The number of nitrogens with two attached hydrogens (primary N) is 1. The molecule has 1 rings (SSSR count). The minimum Gasteiger partial charge on any atom is -0.387 e. The molecule has 66 valence electrons. The molecule has 1 heterocycles. The fraction of sp³-hybridized carbons (Fsp3) is 0.833. The van der Waals surface area contributed by atoms with Gasteiger partial charge < -0.3 is 10.5 Å². The van der Waals surface area contributed by atoms with Crippen molar-refractivity contribution in [1.29, 1.82) is 5.41 Å². The van der Waals surface area contributed by atoms with Crippen LogP contribution in [0.2, 0.25) is 0 Å². The van der Waals surface area contributed by atoms with Gasteiger partial charge in [-0.25, -0.2) is 0 Å². The van der Waals surface area contributed by atoms with E-state index in [1.807, 2.05) is 0 Å². The molecule has 0 aromatic rings. The van der Waals surface area contributed by atoms with E-state index in [1.54, 1.807) is 0 Å². The lowest BCUT2D eigenvalue weighted by Crippen LogP contribution is -2.41. The molecule has 0 amide bonds. The Balaban J connectivity index is 0.000001000. The summed E-state index contributed by atoms with van der Waals surface area (Å²) < 4.78 is 5.13. The molecule has 4 nitrogen and oxygen atoms in total. The van der Waals surface area contributed by atoms with Crippen LogP contribution in [0.4, 0.5) is 0 Å². The predicted octanol–water partition coefficient (Wildman–Crippen LogP) is -0.324. The maximum Gasteiger partial charge on any atom is 0.105 e. The van der Waals surface area contributed by atoms with Crippen molar-refractivity contribution in [2.24, 2.45) is 5.73 Å². The van der Waals surface area contributed by atoms with Crippen molar-refractivity contribution >= 4 is 18.2 Å². The van der Waals surface area contributed by atoms with E-state index in [1.165, 1.54) is 0 Å². The summed E-state index contributed by atoms with van der Waals surface area (Å²) in [7, 11) is 0. The van der Waals surface area contributed by atoms with Crippen molar-refractivity contribution in [1.82, 2.24) is 4.90 Å². The lowest BCUT2D eigenvalue weighted by atomic mass is 10.4. The maximum atomic E-state index is 7.03. The molecule has 0 radical (unpaired) electrons. The van der Waals surface area contributed by atoms with E-state index in [0.717, 1.165) is 26.3 Å². The predicted molar refractivity (Wildman–Crippen MR) is 46.4 cm³/mol. The second-order valence-corrected chi connectivity index (χ2v) is 2.41. The van der Waals surface area contributed by atoms with Gasteiger partial charge in [-0.15, -0.1) is 12.4 Å². The quantitative estimate of drug-likeness (QED) is 0.451. The molecule has 0 unspecified atom stereocenters. The van der Waals surface area contributed by atoms with Crippen LogP contribution in [0.3, 0.4) is 0 Å². The van der Waals surface area contributed by atoms with Gasteiger partial charge in [-0.3, -0.25) is 10.3 Å². The molecule has 1 aliphatic rings. The normalized spacial score (nSPS) is 18.9. The topological polar surface area (TPSA) is 62.3 Å². The SMILES string of the molecule is Cl.N=C(N)CN1CCOCC1. The zero-order chi connectivity index (χ0) is 7.40. The first-order valence-corrected chi connectivity index (χ1v) is 3.42. The zero-order valence-corrected chi connectivity index (χ0v) is 7.19. The molecular formula is C6H14ClN3O. The van der Waals surface area contributed by atoms with E-state index in [9.17, 15) is 0 Å². The molecule has 0 spiro atoms. The minimum atomic E-state index is 0. The molecule has 0 bridgehead atoms. The van der Waals surface area contributed by atoms with Gasteiger partial charge in [0.2, 0.25) is 0 Å². The molecule has 0 aromatic heterocycles. The van der Waals surface area contributed by atoms with Gasteiger partial charge in [-0.05, 0) is 0 Å². The average Bonchev–Trinajstić information content (AvgIpc) is 1.88. The Morgan fingerprint density at radius 2 is 2.00 bits per heavy atom. The first-order chi connectivity index (χ1) is 4.79. The number of morpholine rings is 1. The maximum absolute atomic E-state index is 7.03. The summed E-state index contributed by atoms with van der Waals surface area (Å²) in [5, 5.41) is 7.03. The number of nitrogens with one attached hydrogen (secondary N) is 1. The monoisotopic (exact) mass is 179 g/mol. The Bertz CT molecular complexity index is 125. The zero-order valence-electron chi connectivity index (χ0n) is 6.38. The molecule has 1 saturated heterocycles. The van der Waals surface area contributed by atoms with Crippen molar-refractivity contribution in [2.75, 3.05) is 32.8 Å². The summed E-state index contributed by atoms with van der Waals surface area (Å²) in [5.74, 6) is 0.238. The van der Waals surface area contributed by atoms with E-state index in [-0.39, 0.29) is 18.2 Å². The van der Waals surface area contributed by atoms with Gasteiger partial charge in [-0.1, -0.05) is 0 Å². The van der Waals surface area contributed by atoms with Crippen molar-refractivity contribution in [3.8, 4) is 0 Å². The second kappa shape index (κ2) is 5.35. The number of hydrogen-bond acceptors (Lipinski definition) is 3. The van der Waals surface area contributed by atoms with Crippen LogP contribution in [-0.4, -0.2) is 43.6 Å². The fourth-order valence-electron chi connectivity index (χ4n) is 1.00. The molecule has 0 aromatic carbocycles. The molecular weight excluding hydrogens is 166 g/mol. The van der Waals surface area contributed by atoms with Crippen molar-refractivity contribution in [3.63, 3.8) is 0 Å². The summed E-state index contributed by atoms with van der Waals surface area (Å²) in [6.45, 7) is 3.93. The van der Waals surface area contributed by atoms with E-state index in [2.05, 4.69) is 4.90 Å². The third-order valence-electron chi connectivity index (χ3n) is 1.50. The smallest absolute Gasteiger partial charge is 0.105 e. The van der Waals surface area contributed by atoms with Crippen LogP contribution in [0, 0.1) is 5.41 Å². The average molecular weight is 180 g/mol. The minimum absolute atomic E-state index is 0. The van der Waals surface area contributed by atoms with Crippen molar-refractivity contribution in [3.05, 3.63) is 0 Å². The highest BCUT2D eigenvalue weighted by Gasteiger charge is 2.09.